The number of nitrogens with zero attached hydrogens (tertiary/aromatic N) is 3. The maximum absolute atomic E-state index is 12.8. The van der Waals surface area contributed by atoms with Gasteiger partial charge in [0.05, 0.1) is 31.9 Å². The number of hydrogen-bond acceptors (Lipinski definition) is 6. The summed E-state index contributed by atoms with van der Waals surface area (Å²) in [7, 11) is 4.59. The molecule has 0 saturated carbocycles. The molecule has 2 aromatic rings. The molecule has 2 heterocycles. The Bertz CT molecular complexity index is 970. The standard InChI is InChI=1S/C22H25ClF3N3O4/c1-31-17-10-14(11-18(32-2)20(17)33-3)4-5-19(30)28-6-8-29(9-7-28)21-16(23)12-15(13-27-21)22(24,25)26/h10-13H,4-9H2,1-3H3. The second-order valence-electron chi connectivity index (χ2n) is 7.43. The van der Waals surface area contributed by atoms with Crippen molar-refractivity contribution in [3.63, 3.8) is 0 Å². The summed E-state index contributed by atoms with van der Waals surface area (Å²) in [5, 5.41) is -0.0630. The minimum atomic E-state index is -4.50. The Morgan fingerprint density at radius 2 is 1.64 bits per heavy atom. The van der Waals surface area contributed by atoms with E-state index in [1.165, 1.54) is 21.3 Å². The van der Waals surface area contributed by atoms with Crippen molar-refractivity contribution in [1.29, 1.82) is 0 Å². The van der Waals surface area contributed by atoms with Gasteiger partial charge in [-0.05, 0) is 30.2 Å². The van der Waals surface area contributed by atoms with Gasteiger partial charge in [0, 0.05) is 38.8 Å². The van der Waals surface area contributed by atoms with Gasteiger partial charge in [0.1, 0.15) is 5.82 Å². The first kappa shape index (κ1) is 24.8. The molecule has 0 aliphatic carbocycles. The fraction of sp³-hybridized carbons (Fsp3) is 0.455. The molecular formula is C22H25ClF3N3O4. The van der Waals surface area contributed by atoms with Gasteiger partial charge in [0.15, 0.2) is 11.5 Å². The van der Waals surface area contributed by atoms with E-state index in [0.29, 0.717) is 49.8 Å². The van der Waals surface area contributed by atoms with Crippen molar-refractivity contribution in [2.75, 3.05) is 52.4 Å². The summed E-state index contributed by atoms with van der Waals surface area (Å²) < 4.78 is 54.5. The van der Waals surface area contributed by atoms with Gasteiger partial charge in [-0.15, -0.1) is 0 Å². The van der Waals surface area contributed by atoms with E-state index in [4.69, 9.17) is 25.8 Å². The topological polar surface area (TPSA) is 64.1 Å². The van der Waals surface area contributed by atoms with E-state index in [-0.39, 0.29) is 23.2 Å². The summed E-state index contributed by atoms with van der Waals surface area (Å²) in [5.74, 6) is 1.80. The van der Waals surface area contributed by atoms with Crippen LogP contribution in [0.3, 0.4) is 0 Å². The second kappa shape index (κ2) is 10.4. The summed E-state index contributed by atoms with van der Waals surface area (Å²) in [4.78, 5) is 20.1. The number of alkyl halides is 3. The zero-order valence-electron chi connectivity index (χ0n) is 18.5. The average molecular weight is 488 g/mol. The van der Waals surface area contributed by atoms with Crippen LogP contribution >= 0.6 is 11.6 Å². The van der Waals surface area contributed by atoms with Crippen molar-refractivity contribution < 1.29 is 32.2 Å². The molecule has 1 aliphatic heterocycles. The van der Waals surface area contributed by atoms with E-state index in [0.717, 1.165) is 17.8 Å². The zero-order valence-corrected chi connectivity index (χ0v) is 19.3. The third kappa shape index (κ3) is 5.73. The lowest BCUT2D eigenvalue weighted by Gasteiger charge is -2.36. The monoisotopic (exact) mass is 487 g/mol. The van der Waals surface area contributed by atoms with Gasteiger partial charge in [0.25, 0.3) is 0 Å². The lowest BCUT2D eigenvalue weighted by atomic mass is 10.1. The number of aryl methyl sites for hydroxylation is 1. The summed E-state index contributed by atoms with van der Waals surface area (Å²) >= 11 is 6.04. The molecule has 3 rings (SSSR count). The summed E-state index contributed by atoms with van der Waals surface area (Å²) in [5.41, 5.74) is -0.0194. The van der Waals surface area contributed by atoms with Crippen molar-refractivity contribution in [2.24, 2.45) is 0 Å². The first-order valence-corrected chi connectivity index (χ1v) is 10.6. The molecule has 1 aromatic carbocycles. The summed E-state index contributed by atoms with van der Waals surface area (Å²) in [6.45, 7) is 1.70. The Labute approximate surface area is 195 Å². The van der Waals surface area contributed by atoms with Crippen LogP contribution in [0.4, 0.5) is 19.0 Å². The molecule has 1 amide bonds. The van der Waals surface area contributed by atoms with Gasteiger partial charge in [0.2, 0.25) is 11.7 Å². The number of carbonyl (C=O) groups excluding carboxylic acids is 1. The number of amides is 1. The van der Waals surface area contributed by atoms with E-state index >= 15 is 0 Å². The molecule has 33 heavy (non-hydrogen) atoms. The average Bonchev–Trinajstić information content (AvgIpc) is 2.81. The molecule has 0 unspecified atom stereocenters. The first-order valence-electron chi connectivity index (χ1n) is 10.2. The van der Waals surface area contributed by atoms with E-state index in [1.807, 2.05) is 12.1 Å². The SMILES string of the molecule is COc1cc(CCC(=O)N2CCN(c3ncc(C(F)(F)F)cc3Cl)CC2)cc(OC)c1OC. The minimum absolute atomic E-state index is 0.0186. The second-order valence-corrected chi connectivity index (χ2v) is 7.84. The molecule has 1 saturated heterocycles. The maximum atomic E-state index is 12.8. The molecule has 0 spiro atoms. The highest BCUT2D eigenvalue weighted by Gasteiger charge is 2.32. The Morgan fingerprint density at radius 1 is 1.03 bits per heavy atom. The van der Waals surface area contributed by atoms with Gasteiger partial charge in [-0.25, -0.2) is 4.98 Å². The van der Waals surface area contributed by atoms with Crippen molar-refractivity contribution in [1.82, 2.24) is 9.88 Å². The molecule has 0 N–H and O–H groups in total. The number of carbonyl (C=O) groups is 1. The van der Waals surface area contributed by atoms with Crippen LogP contribution in [0.5, 0.6) is 17.2 Å². The summed E-state index contributed by atoms with van der Waals surface area (Å²) in [6.07, 6.45) is -2.95. The number of pyridine rings is 1. The lowest BCUT2D eigenvalue weighted by Crippen LogP contribution is -2.49. The molecule has 0 radical (unpaired) electrons. The van der Waals surface area contributed by atoms with Crippen molar-refractivity contribution in [2.45, 2.75) is 19.0 Å². The normalized spacial score (nSPS) is 14.3. The number of rotatable bonds is 7. The zero-order chi connectivity index (χ0) is 24.2. The van der Waals surface area contributed by atoms with Gasteiger partial charge >= 0.3 is 6.18 Å². The Hall–Kier alpha value is -2.88. The number of aromatic nitrogens is 1. The van der Waals surface area contributed by atoms with Crippen LogP contribution in [-0.2, 0) is 17.4 Å². The van der Waals surface area contributed by atoms with Crippen molar-refractivity contribution >= 4 is 23.3 Å². The van der Waals surface area contributed by atoms with Crippen LogP contribution in [0, 0.1) is 0 Å². The van der Waals surface area contributed by atoms with Gasteiger partial charge in [-0.3, -0.25) is 4.79 Å². The molecular weight excluding hydrogens is 463 g/mol. The van der Waals surface area contributed by atoms with Gasteiger partial charge < -0.3 is 24.0 Å². The Kier molecular flexibility index (Phi) is 7.78. The molecule has 0 bridgehead atoms. The largest absolute Gasteiger partial charge is 0.493 e. The molecule has 1 aliphatic rings. The van der Waals surface area contributed by atoms with Crippen LogP contribution < -0.4 is 19.1 Å². The quantitative estimate of drug-likeness (QED) is 0.587. The molecule has 7 nitrogen and oxygen atoms in total. The van der Waals surface area contributed by atoms with Crippen molar-refractivity contribution in [3.05, 3.63) is 40.5 Å². The van der Waals surface area contributed by atoms with Crippen LogP contribution in [0.15, 0.2) is 24.4 Å². The fourth-order valence-corrected chi connectivity index (χ4v) is 3.96. The fourth-order valence-electron chi connectivity index (χ4n) is 3.68. The number of ether oxygens (including phenoxy) is 3. The van der Waals surface area contributed by atoms with Crippen LogP contribution in [0.25, 0.3) is 0 Å². The highest BCUT2D eigenvalue weighted by atomic mass is 35.5. The van der Waals surface area contributed by atoms with Crippen molar-refractivity contribution in [3.8, 4) is 17.2 Å². The predicted molar refractivity (Wildman–Crippen MR) is 117 cm³/mol. The smallest absolute Gasteiger partial charge is 0.417 e. The Morgan fingerprint density at radius 3 is 2.12 bits per heavy atom. The third-order valence-electron chi connectivity index (χ3n) is 5.43. The number of methoxy groups -OCH3 is 3. The van der Waals surface area contributed by atoms with Crippen LogP contribution in [0.2, 0.25) is 5.02 Å². The highest BCUT2D eigenvalue weighted by molar-refractivity contribution is 6.33. The maximum Gasteiger partial charge on any atom is 0.417 e. The highest BCUT2D eigenvalue weighted by Crippen LogP contribution is 2.38. The molecule has 0 atom stereocenters. The van der Waals surface area contributed by atoms with Gasteiger partial charge in [-0.2, -0.15) is 13.2 Å². The predicted octanol–water partition coefficient (Wildman–Crippen LogP) is 4.06. The summed E-state index contributed by atoms with van der Waals surface area (Å²) in [6, 6.07) is 4.49. The lowest BCUT2D eigenvalue weighted by molar-refractivity contribution is -0.137. The van der Waals surface area contributed by atoms with E-state index < -0.39 is 11.7 Å². The number of anilines is 1. The third-order valence-corrected chi connectivity index (χ3v) is 5.71. The molecule has 1 fully saturated rings. The number of hydrogen-bond donors (Lipinski definition) is 0. The Balaban J connectivity index is 1.58. The number of benzene rings is 1. The van der Waals surface area contributed by atoms with E-state index in [2.05, 4.69) is 4.98 Å². The van der Waals surface area contributed by atoms with E-state index in [1.54, 1.807) is 9.80 Å². The first-order chi connectivity index (χ1) is 15.7. The number of piperazine rings is 1. The molecule has 11 heteroatoms. The van der Waals surface area contributed by atoms with E-state index in [9.17, 15) is 18.0 Å². The number of halogens is 4. The van der Waals surface area contributed by atoms with Crippen LogP contribution in [-0.4, -0.2) is 63.3 Å². The molecule has 180 valence electrons. The minimum Gasteiger partial charge on any atom is -0.493 e. The van der Waals surface area contributed by atoms with Gasteiger partial charge in [-0.1, -0.05) is 11.6 Å². The van der Waals surface area contributed by atoms with Crippen LogP contribution in [0.1, 0.15) is 17.5 Å². The molecule has 1 aromatic heterocycles.